The van der Waals surface area contributed by atoms with Crippen LogP contribution in [0.1, 0.15) is 53.5 Å². The monoisotopic (exact) mass is 728 g/mol. The number of amides is 2. The van der Waals surface area contributed by atoms with Gasteiger partial charge in [0.05, 0.1) is 46.6 Å². The third kappa shape index (κ3) is 7.26. The fourth-order valence-corrected chi connectivity index (χ4v) is 6.46. The number of rotatable bonds is 9. The molecule has 6 rings (SSSR count). The van der Waals surface area contributed by atoms with E-state index in [0.717, 1.165) is 23.8 Å². The number of piperazine rings is 1. The van der Waals surface area contributed by atoms with Gasteiger partial charge in [-0.2, -0.15) is 22.7 Å². The third-order valence-electron chi connectivity index (χ3n) is 8.76. The first-order chi connectivity index (χ1) is 24.4. The Labute approximate surface area is 295 Å². The Morgan fingerprint density at radius 2 is 1.86 bits per heavy atom. The van der Waals surface area contributed by atoms with Crippen molar-refractivity contribution in [1.29, 1.82) is 0 Å². The number of nitrogens with one attached hydrogen (secondary N) is 2. The molecule has 1 fully saturated rings. The van der Waals surface area contributed by atoms with Crippen LogP contribution >= 0.6 is 11.6 Å². The summed E-state index contributed by atoms with van der Waals surface area (Å²) in [4.78, 5) is 58.0. The molecule has 18 heteroatoms. The van der Waals surface area contributed by atoms with E-state index in [1.54, 1.807) is 16.4 Å². The molecule has 2 aliphatic heterocycles. The van der Waals surface area contributed by atoms with Crippen molar-refractivity contribution in [3.63, 3.8) is 0 Å². The summed E-state index contributed by atoms with van der Waals surface area (Å²) in [6.45, 7) is 7.80. The molecule has 270 valence electrons. The van der Waals surface area contributed by atoms with E-state index in [9.17, 15) is 27.6 Å². The molecule has 0 saturated carbocycles. The van der Waals surface area contributed by atoms with Crippen LogP contribution in [0.15, 0.2) is 35.4 Å². The zero-order chi connectivity index (χ0) is 36.4. The minimum absolute atomic E-state index is 0.00325. The second-order valence-corrected chi connectivity index (χ2v) is 12.4. The quantitative estimate of drug-likeness (QED) is 0.258. The highest BCUT2D eigenvalue weighted by molar-refractivity contribution is 6.33. The summed E-state index contributed by atoms with van der Waals surface area (Å²) in [6, 6.07) is 2.67. The van der Waals surface area contributed by atoms with Crippen molar-refractivity contribution in [2.24, 2.45) is 0 Å². The molecule has 0 spiro atoms. The van der Waals surface area contributed by atoms with E-state index in [-0.39, 0.29) is 47.7 Å². The van der Waals surface area contributed by atoms with Crippen LogP contribution in [-0.4, -0.2) is 91.8 Å². The molecule has 14 nitrogen and oxygen atoms in total. The average molecular weight is 729 g/mol. The zero-order valence-electron chi connectivity index (χ0n) is 28.2. The van der Waals surface area contributed by atoms with Gasteiger partial charge in [-0.05, 0) is 50.5 Å². The molecule has 2 N–H and O–H groups in total. The van der Waals surface area contributed by atoms with Gasteiger partial charge in [-0.25, -0.2) is 9.97 Å². The molecule has 2 amide bonds. The molecule has 4 aromatic rings. The SMILES string of the molecule is CCNc1c(C)ncnc1C(=O)N1CCN(c2c(CC)n(CC(=O)Nc3ccc(C(F)(F)F)cc3Cl)c3nc(C4=CCOCC4)nn3c2=O)CC1. The molecule has 51 heavy (non-hydrogen) atoms. The second kappa shape index (κ2) is 14.7. The lowest BCUT2D eigenvalue weighted by Gasteiger charge is -2.36. The summed E-state index contributed by atoms with van der Waals surface area (Å²) < 4.78 is 47.8. The molecule has 1 aromatic carbocycles. The molecule has 0 bridgehead atoms. The summed E-state index contributed by atoms with van der Waals surface area (Å²) in [7, 11) is 0. The lowest BCUT2D eigenvalue weighted by molar-refractivity contribution is -0.137. The van der Waals surface area contributed by atoms with Crippen molar-refractivity contribution in [3.05, 3.63) is 74.4 Å². The van der Waals surface area contributed by atoms with Gasteiger partial charge >= 0.3 is 6.18 Å². The number of carbonyl (C=O) groups is 2. The Balaban J connectivity index is 1.34. The van der Waals surface area contributed by atoms with Gasteiger partial charge in [-0.15, -0.1) is 5.10 Å². The number of ether oxygens (including phenoxy) is 1. The maximum atomic E-state index is 14.2. The van der Waals surface area contributed by atoms with Crippen LogP contribution in [-0.2, 0) is 28.7 Å². The van der Waals surface area contributed by atoms with E-state index in [4.69, 9.17) is 16.3 Å². The minimum Gasteiger partial charge on any atom is -0.382 e. The first kappa shape index (κ1) is 35.8. The van der Waals surface area contributed by atoms with Gasteiger partial charge in [-0.3, -0.25) is 14.4 Å². The number of aromatic nitrogens is 6. The van der Waals surface area contributed by atoms with Crippen LogP contribution < -0.4 is 21.1 Å². The molecule has 2 aliphatic rings. The number of hydrogen-bond donors (Lipinski definition) is 2. The molecule has 5 heterocycles. The van der Waals surface area contributed by atoms with Crippen LogP contribution in [0.4, 0.5) is 30.2 Å². The summed E-state index contributed by atoms with van der Waals surface area (Å²) in [5, 5.41) is 10.0. The first-order valence-corrected chi connectivity index (χ1v) is 16.8. The first-order valence-electron chi connectivity index (χ1n) is 16.5. The average Bonchev–Trinajstić information content (AvgIpc) is 3.57. The number of nitrogens with zero attached hydrogens (tertiary/aromatic N) is 8. The number of hydrogen-bond acceptors (Lipinski definition) is 10. The highest BCUT2D eigenvalue weighted by Crippen LogP contribution is 2.34. The molecular weight excluding hydrogens is 693 g/mol. The molecule has 3 aromatic heterocycles. The van der Waals surface area contributed by atoms with Crippen LogP contribution in [0.5, 0.6) is 0 Å². The van der Waals surface area contributed by atoms with Crippen LogP contribution in [0.2, 0.25) is 5.02 Å². The Morgan fingerprint density at radius 1 is 1.10 bits per heavy atom. The van der Waals surface area contributed by atoms with Gasteiger partial charge < -0.3 is 29.7 Å². The van der Waals surface area contributed by atoms with Crippen LogP contribution in [0.25, 0.3) is 11.4 Å². The van der Waals surface area contributed by atoms with Crippen molar-refractivity contribution in [3.8, 4) is 0 Å². The highest BCUT2D eigenvalue weighted by Gasteiger charge is 2.32. The zero-order valence-corrected chi connectivity index (χ0v) is 28.9. The number of carbonyl (C=O) groups excluding carboxylic acids is 2. The van der Waals surface area contributed by atoms with E-state index < -0.39 is 23.2 Å². The van der Waals surface area contributed by atoms with Crippen molar-refractivity contribution >= 4 is 51.8 Å². The molecular formula is C33H36ClF3N10O4. The van der Waals surface area contributed by atoms with Crippen LogP contribution in [0.3, 0.4) is 0 Å². The number of anilines is 3. The van der Waals surface area contributed by atoms with E-state index in [2.05, 4.69) is 30.7 Å². The minimum atomic E-state index is -4.60. The summed E-state index contributed by atoms with van der Waals surface area (Å²) in [6.07, 6.45) is -0.559. The topological polar surface area (TPSA) is 152 Å². The fraction of sp³-hybridized carbons (Fsp3) is 0.424. The van der Waals surface area contributed by atoms with E-state index in [1.807, 2.05) is 24.8 Å². The normalized spacial score (nSPS) is 15.2. The summed E-state index contributed by atoms with van der Waals surface area (Å²) in [5.41, 5.74) is 1.72. The summed E-state index contributed by atoms with van der Waals surface area (Å²) in [5.74, 6) is -0.421. The molecule has 0 unspecified atom stereocenters. The maximum absolute atomic E-state index is 14.2. The van der Waals surface area contributed by atoms with Gasteiger partial charge in [0.1, 0.15) is 18.6 Å². The van der Waals surface area contributed by atoms with Crippen molar-refractivity contribution in [2.45, 2.75) is 46.3 Å². The van der Waals surface area contributed by atoms with Crippen molar-refractivity contribution in [1.82, 2.24) is 34.0 Å². The molecule has 1 saturated heterocycles. The van der Waals surface area contributed by atoms with E-state index in [0.29, 0.717) is 74.3 Å². The highest BCUT2D eigenvalue weighted by atomic mass is 35.5. The molecule has 0 atom stereocenters. The number of halogens is 4. The van der Waals surface area contributed by atoms with Gasteiger partial charge in [0.15, 0.2) is 11.5 Å². The second-order valence-electron chi connectivity index (χ2n) is 12.0. The number of benzene rings is 1. The molecule has 0 radical (unpaired) electrons. The van der Waals surface area contributed by atoms with E-state index in [1.165, 1.54) is 10.8 Å². The van der Waals surface area contributed by atoms with Crippen molar-refractivity contribution < 1.29 is 27.5 Å². The predicted molar refractivity (Wildman–Crippen MR) is 184 cm³/mol. The Kier molecular flexibility index (Phi) is 10.3. The Hall–Kier alpha value is -5.03. The Bertz CT molecular complexity index is 2070. The smallest absolute Gasteiger partial charge is 0.382 e. The number of alkyl halides is 3. The lowest BCUT2D eigenvalue weighted by Crippen LogP contribution is -2.51. The van der Waals surface area contributed by atoms with Gasteiger partial charge in [0.2, 0.25) is 11.7 Å². The predicted octanol–water partition coefficient (Wildman–Crippen LogP) is 4.06. The Morgan fingerprint density at radius 3 is 2.51 bits per heavy atom. The lowest BCUT2D eigenvalue weighted by atomic mass is 10.1. The fourth-order valence-electron chi connectivity index (χ4n) is 6.23. The number of aryl methyl sites for hydroxylation is 1. The third-order valence-corrected chi connectivity index (χ3v) is 9.07. The number of fused-ring (bicyclic) bond motifs is 1. The van der Waals surface area contributed by atoms with E-state index >= 15 is 0 Å². The summed E-state index contributed by atoms with van der Waals surface area (Å²) >= 11 is 6.13. The van der Waals surface area contributed by atoms with Gasteiger partial charge in [0, 0.05) is 32.7 Å². The van der Waals surface area contributed by atoms with Gasteiger partial charge in [0.25, 0.3) is 11.5 Å². The maximum Gasteiger partial charge on any atom is 0.416 e. The van der Waals surface area contributed by atoms with Crippen LogP contribution in [0, 0.1) is 6.92 Å². The van der Waals surface area contributed by atoms with Gasteiger partial charge in [-0.1, -0.05) is 24.6 Å². The molecule has 0 aliphatic carbocycles. The van der Waals surface area contributed by atoms with Crippen molar-refractivity contribution in [2.75, 3.05) is 61.5 Å². The largest absolute Gasteiger partial charge is 0.416 e. The standard InChI is InChI=1S/C33H36ClF3N10O4/c1-4-24-28(44-10-12-45(13-11-44)30(49)27-26(38-5-2)19(3)39-18-40-27)31(50)47-32(42-29(43-47)20-8-14-51-15-9-20)46(24)17-25(48)41-23-7-6-21(16-22(23)34)33(35,36)37/h6-8,16,18,38H,4-5,9-15,17H2,1-3H3,(H,41,48).